The van der Waals surface area contributed by atoms with Crippen molar-refractivity contribution in [3.05, 3.63) is 29.3 Å². The molecule has 2 rings (SSSR count). The van der Waals surface area contributed by atoms with E-state index in [1.54, 1.807) is 18.2 Å². The number of hydrogen-bond acceptors (Lipinski definition) is 6. The molecule has 0 unspecified atom stereocenters. The lowest BCUT2D eigenvalue weighted by molar-refractivity contribution is -0.139. The van der Waals surface area contributed by atoms with Gasteiger partial charge in [0.05, 0.1) is 5.88 Å². The van der Waals surface area contributed by atoms with Gasteiger partial charge in [-0.25, -0.2) is 9.42 Å². The van der Waals surface area contributed by atoms with Crippen LogP contribution < -0.4 is 0 Å². The van der Waals surface area contributed by atoms with E-state index >= 15 is 0 Å². The number of halogens is 1. The van der Waals surface area contributed by atoms with Crippen molar-refractivity contribution in [3.8, 4) is 0 Å². The standard InChI is InChI=1S/C13H11ClN2O4/c1-8(17)10(13(18)19-6-5-14)7-9-3-2-4-11-12(9)16-20-15-11/h2-4,7H,5-6H2,1H3/b10-7+. The summed E-state index contributed by atoms with van der Waals surface area (Å²) in [5.41, 5.74) is 1.48. The van der Waals surface area contributed by atoms with Crippen molar-refractivity contribution >= 4 is 40.5 Å². The van der Waals surface area contributed by atoms with Crippen LogP contribution in [0.4, 0.5) is 0 Å². The van der Waals surface area contributed by atoms with Crippen LogP contribution in [0.1, 0.15) is 12.5 Å². The first-order chi connectivity index (χ1) is 9.63. The normalized spacial score (nSPS) is 11.6. The molecule has 0 N–H and O–H groups in total. The zero-order chi connectivity index (χ0) is 14.5. The number of fused-ring (bicyclic) bond motifs is 1. The maximum absolute atomic E-state index is 11.8. The highest BCUT2D eigenvalue weighted by atomic mass is 35.5. The van der Waals surface area contributed by atoms with Crippen LogP contribution in [0.2, 0.25) is 0 Å². The van der Waals surface area contributed by atoms with Crippen LogP contribution in [0.25, 0.3) is 17.1 Å². The molecule has 0 fully saturated rings. The van der Waals surface area contributed by atoms with E-state index in [1.165, 1.54) is 13.0 Å². The Hall–Kier alpha value is -2.21. The number of carbonyl (C=O) groups excluding carboxylic acids is 2. The van der Waals surface area contributed by atoms with Gasteiger partial charge in [0.2, 0.25) is 0 Å². The van der Waals surface area contributed by atoms with Crippen molar-refractivity contribution in [2.45, 2.75) is 6.92 Å². The lowest BCUT2D eigenvalue weighted by atomic mass is 10.1. The minimum absolute atomic E-state index is 0.0424. The number of alkyl halides is 1. The molecule has 20 heavy (non-hydrogen) atoms. The molecule has 0 aliphatic heterocycles. The zero-order valence-electron chi connectivity index (χ0n) is 10.6. The summed E-state index contributed by atoms with van der Waals surface area (Å²) >= 11 is 5.44. The van der Waals surface area contributed by atoms with E-state index in [0.717, 1.165) is 0 Å². The second kappa shape index (κ2) is 6.29. The van der Waals surface area contributed by atoms with Gasteiger partial charge >= 0.3 is 5.97 Å². The molecule has 0 aliphatic rings. The van der Waals surface area contributed by atoms with Gasteiger partial charge in [-0.05, 0) is 29.4 Å². The lowest BCUT2D eigenvalue weighted by Gasteiger charge is -2.04. The molecule has 104 valence electrons. The average Bonchev–Trinajstić information content (AvgIpc) is 2.90. The molecule has 1 aromatic carbocycles. The van der Waals surface area contributed by atoms with E-state index in [0.29, 0.717) is 16.6 Å². The maximum atomic E-state index is 11.8. The monoisotopic (exact) mass is 294 g/mol. The minimum Gasteiger partial charge on any atom is -0.461 e. The van der Waals surface area contributed by atoms with Gasteiger partial charge in [0, 0.05) is 5.56 Å². The predicted octanol–water partition coefficient (Wildman–Crippen LogP) is 1.98. The third-order valence-electron chi connectivity index (χ3n) is 2.53. The first kappa shape index (κ1) is 14.2. The molecule has 1 aromatic heterocycles. The van der Waals surface area contributed by atoms with E-state index in [4.69, 9.17) is 16.3 Å². The number of benzene rings is 1. The molecular formula is C13H11ClN2O4. The van der Waals surface area contributed by atoms with Crippen molar-refractivity contribution in [1.82, 2.24) is 10.3 Å². The number of carbonyl (C=O) groups is 2. The van der Waals surface area contributed by atoms with E-state index in [9.17, 15) is 9.59 Å². The van der Waals surface area contributed by atoms with Gasteiger partial charge in [0.15, 0.2) is 5.78 Å². The van der Waals surface area contributed by atoms with Gasteiger partial charge in [-0.2, -0.15) is 0 Å². The lowest BCUT2D eigenvalue weighted by Crippen LogP contribution is -2.14. The predicted molar refractivity (Wildman–Crippen MR) is 72.1 cm³/mol. The Morgan fingerprint density at radius 3 is 2.90 bits per heavy atom. The van der Waals surface area contributed by atoms with Crippen molar-refractivity contribution in [3.63, 3.8) is 0 Å². The Morgan fingerprint density at radius 1 is 1.40 bits per heavy atom. The van der Waals surface area contributed by atoms with Gasteiger partial charge in [-0.15, -0.1) is 11.6 Å². The highest BCUT2D eigenvalue weighted by Gasteiger charge is 2.17. The summed E-state index contributed by atoms with van der Waals surface area (Å²) < 4.78 is 9.49. The highest BCUT2D eigenvalue weighted by molar-refractivity contribution is 6.20. The molecule has 0 saturated heterocycles. The number of Topliss-reactive ketones (excluding diaryl/α,β-unsaturated/α-hetero) is 1. The molecule has 0 aliphatic carbocycles. The Bertz CT molecular complexity index is 678. The van der Waals surface area contributed by atoms with E-state index in [1.807, 2.05) is 0 Å². The fourth-order valence-corrected chi connectivity index (χ4v) is 1.69. The van der Waals surface area contributed by atoms with Crippen molar-refractivity contribution in [1.29, 1.82) is 0 Å². The van der Waals surface area contributed by atoms with Gasteiger partial charge in [0.1, 0.15) is 23.2 Å². The number of nitrogens with zero attached hydrogens (tertiary/aromatic N) is 2. The van der Waals surface area contributed by atoms with Crippen LogP contribution in [0.3, 0.4) is 0 Å². The molecule has 0 amide bonds. The Morgan fingerprint density at radius 2 is 2.20 bits per heavy atom. The summed E-state index contributed by atoms with van der Waals surface area (Å²) in [5.74, 6) is -0.954. The van der Waals surface area contributed by atoms with Gasteiger partial charge in [-0.3, -0.25) is 4.79 Å². The topological polar surface area (TPSA) is 82.3 Å². The SMILES string of the molecule is CC(=O)/C(=C\c1cccc2nonc12)C(=O)OCCCl. The number of rotatable bonds is 5. The smallest absolute Gasteiger partial charge is 0.341 e. The number of hydrogen-bond donors (Lipinski definition) is 0. The third kappa shape index (κ3) is 3.03. The molecular weight excluding hydrogens is 284 g/mol. The zero-order valence-corrected chi connectivity index (χ0v) is 11.4. The van der Waals surface area contributed by atoms with Crippen LogP contribution in [0.5, 0.6) is 0 Å². The largest absolute Gasteiger partial charge is 0.461 e. The fraction of sp³-hybridized carbons (Fsp3) is 0.231. The average molecular weight is 295 g/mol. The quantitative estimate of drug-likeness (QED) is 0.276. The molecule has 6 nitrogen and oxygen atoms in total. The number of ether oxygens (including phenoxy) is 1. The highest BCUT2D eigenvalue weighted by Crippen LogP contribution is 2.18. The molecule has 1 heterocycles. The number of esters is 1. The Kier molecular flexibility index (Phi) is 4.47. The summed E-state index contributed by atoms with van der Waals surface area (Å²) in [5, 5.41) is 7.43. The molecule has 2 aromatic rings. The summed E-state index contributed by atoms with van der Waals surface area (Å²) in [6.45, 7) is 1.33. The Balaban J connectivity index is 2.40. The Labute approximate surface area is 119 Å². The molecule has 0 saturated carbocycles. The summed E-state index contributed by atoms with van der Waals surface area (Å²) in [6, 6.07) is 5.13. The first-order valence-corrected chi connectivity index (χ1v) is 6.34. The van der Waals surface area contributed by atoms with Gasteiger partial charge < -0.3 is 4.74 Å². The van der Waals surface area contributed by atoms with Crippen molar-refractivity contribution < 1.29 is 19.0 Å². The minimum atomic E-state index is -0.716. The second-order valence-electron chi connectivity index (χ2n) is 3.92. The van der Waals surface area contributed by atoms with E-state index in [2.05, 4.69) is 14.9 Å². The maximum Gasteiger partial charge on any atom is 0.341 e. The molecule has 0 spiro atoms. The summed E-state index contributed by atoms with van der Waals surface area (Å²) in [4.78, 5) is 23.4. The van der Waals surface area contributed by atoms with E-state index in [-0.39, 0.29) is 18.1 Å². The van der Waals surface area contributed by atoms with Gasteiger partial charge in [0.25, 0.3) is 0 Å². The van der Waals surface area contributed by atoms with Crippen LogP contribution >= 0.6 is 11.6 Å². The number of ketones is 1. The van der Waals surface area contributed by atoms with Crippen LogP contribution in [-0.4, -0.2) is 34.6 Å². The molecule has 0 atom stereocenters. The third-order valence-corrected chi connectivity index (χ3v) is 2.68. The van der Waals surface area contributed by atoms with Crippen molar-refractivity contribution in [2.75, 3.05) is 12.5 Å². The molecule has 0 bridgehead atoms. The summed E-state index contributed by atoms with van der Waals surface area (Å²) in [7, 11) is 0. The van der Waals surface area contributed by atoms with Gasteiger partial charge in [-0.1, -0.05) is 12.1 Å². The number of aromatic nitrogens is 2. The summed E-state index contributed by atoms with van der Waals surface area (Å²) in [6.07, 6.45) is 1.41. The second-order valence-corrected chi connectivity index (χ2v) is 4.30. The van der Waals surface area contributed by atoms with Crippen LogP contribution in [0.15, 0.2) is 28.4 Å². The molecule has 7 heteroatoms. The fourth-order valence-electron chi connectivity index (χ4n) is 1.61. The van der Waals surface area contributed by atoms with Crippen LogP contribution in [-0.2, 0) is 14.3 Å². The van der Waals surface area contributed by atoms with Crippen molar-refractivity contribution in [2.24, 2.45) is 0 Å². The van der Waals surface area contributed by atoms with E-state index < -0.39 is 11.8 Å². The van der Waals surface area contributed by atoms with Crippen LogP contribution in [0, 0.1) is 0 Å². The molecule has 0 radical (unpaired) electrons. The first-order valence-electron chi connectivity index (χ1n) is 5.80.